The molecule has 1 aliphatic carbocycles. The molecule has 0 saturated heterocycles. The first kappa shape index (κ1) is 15.6. The number of fused-ring (bicyclic) bond motifs is 3. The van der Waals surface area contributed by atoms with Crippen LogP contribution >= 0.6 is 0 Å². The van der Waals surface area contributed by atoms with Gasteiger partial charge in [0.05, 0.1) is 37.0 Å². The van der Waals surface area contributed by atoms with Gasteiger partial charge in [-0.2, -0.15) is 10.2 Å². The van der Waals surface area contributed by atoms with Crippen molar-refractivity contribution < 1.29 is 4.74 Å². The second kappa shape index (κ2) is 6.05. The Bertz CT molecular complexity index is 983. The van der Waals surface area contributed by atoms with Crippen molar-refractivity contribution >= 4 is 0 Å². The summed E-state index contributed by atoms with van der Waals surface area (Å²) in [5.41, 5.74) is 6.56. The Morgan fingerprint density at radius 3 is 3.07 bits per heavy atom. The van der Waals surface area contributed by atoms with Crippen molar-refractivity contribution in [1.82, 2.24) is 29.1 Å². The number of imidazole rings is 1. The third-order valence-corrected chi connectivity index (χ3v) is 6.42. The molecule has 3 aromatic rings. The Kier molecular flexibility index (Phi) is 3.50. The van der Waals surface area contributed by atoms with Gasteiger partial charge < -0.3 is 9.30 Å². The molecule has 7 nitrogen and oxygen atoms in total. The van der Waals surface area contributed by atoms with Gasteiger partial charge in [0, 0.05) is 36.7 Å². The summed E-state index contributed by atoms with van der Waals surface area (Å²) in [5.74, 6) is 0. The molecule has 0 saturated carbocycles. The summed E-state index contributed by atoms with van der Waals surface area (Å²) in [6, 6.07) is 2.58. The molecule has 3 aliphatic rings. The van der Waals surface area contributed by atoms with Crippen molar-refractivity contribution in [3.05, 3.63) is 53.1 Å². The number of ether oxygens (including phenoxy) is 1. The van der Waals surface area contributed by atoms with Crippen molar-refractivity contribution in [2.24, 2.45) is 0 Å². The van der Waals surface area contributed by atoms with Crippen molar-refractivity contribution in [2.45, 2.75) is 63.8 Å². The number of aryl methyl sites for hydroxylation is 1. The molecule has 2 aliphatic heterocycles. The van der Waals surface area contributed by atoms with Gasteiger partial charge >= 0.3 is 0 Å². The fraction of sp³-hybridized carbons (Fsp3) is 0.550. The second-order valence-electron chi connectivity index (χ2n) is 7.99. The molecule has 3 aromatic heterocycles. The summed E-state index contributed by atoms with van der Waals surface area (Å²) < 4.78 is 12.6. The standard InChI is InChI=1S/C20H24N6O/c1-2-4-18-17(3-1)20(19-12-27-11-15-5-7-22-25(15)19)23-26(18)14-6-8-24-13-21-10-16(24)9-14/h5,7,10,13-14,19H,1-4,6,8-9,11-12H2. The molecule has 0 spiro atoms. The van der Waals surface area contributed by atoms with E-state index in [1.165, 1.54) is 35.5 Å². The Labute approximate surface area is 158 Å². The lowest BCUT2D eigenvalue weighted by Gasteiger charge is -2.26. The van der Waals surface area contributed by atoms with Crippen LogP contribution in [0.4, 0.5) is 0 Å². The molecule has 6 rings (SSSR count). The molecule has 7 heteroatoms. The Morgan fingerprint density at radius 2 is 2.07 bits per heavy atom. The number of rotatable bonds is 2. The van der Waals surface area contributed by atoms with E-state index >= 15 is 0 Å². The topological polar surface area (TPSA) is 62.7 Å². The van der Waals surface area contributed by atoms with Gasteiger partial charge in [-0.25, -0.2) is 4.98 Å². The minimum atomic E-state index is 0.103. The normalized spacial score (nSPS) is 24.3. The van der Waals surface area contributed by atoms with E-state index < -0.39 is 0 Å². The molecule has 2 unspecified atom stereocenters. The Morgan fingerprint density at radius 1 is 1.11 bits per heavy atom. The van der Waals surface area contributed by atoms with E-state index in [1.807, 2.05) is 18.7 Å². The van der Waals surface area contributed by atoms with Crippen LogP contribution in [0.2, 0.25) is 0 Å². The van der Waals surface area contributed by atoms with Crippen LogP contribution in [-0.2, 0) is 37.2 Å². The maximum Gasteiger partial charge on any atom is 0.120 e. The Hall–Kier alpha value is -2.41. The molecular weight excluding hydrogens is 340 g/mol. The summed E-state index contributed by atoms with van der Waals surface area (Å²) >= 11 is 0. The number of aromatic nitrogens is 6. The van der Waals surface area contributed by atoms with E-state index in [2.05, 4.69) is 30.1 Å². The molecule has 27 heavy (non-hydrogen) atoms. The average molecular weight is 364 g/mol. The minimum absolute atomic E-state index is 0.103. The first-order valence-corrected chi connectivity index (χ1v) is 10.1. The third-order valence-electron chi connectivity index (χ3n) is 6.42. The molecule has 0 fully saturated rings. The highest BCUT2D eigenvalue weighted by Crippen LogP contribution is 2.35. The quantitative estimate of drug-likeness (QED) is 0.701. The summed E-state index contributed by atoms with van der Waals surface area (Å²) in [6.07, 6.45) is 12.7. The molecule has 0 amide bonds. The van der Waals surface area contributed by atoms with Gasteiger partial charge in [0.2, 0.25) is 0 Å². The fourth-order valence-electron chi connectivity index (χ4n) is 5.06. The predicted octanol–water partition coefficient (Wildman–Crippen LogP) is 2.46. The van der Waals surface area contributed by atoms with Crippen molar-refractivity contribution in [3.8, 4) is 0 Å². The van der Waals surface area contributed by atoms with Crippen LogP contribution in [-0.4, -0.2) is 35.7 Å². The van der Waals surface area contributed by atoms with Crippen LogP contribution < -0.4 is 0 Å². The monoisotopic (exact) mass is 364 g/mol. The number of nitrogens with zero attached hydrogens (tertiary/aromatic N) is 6. The maximum atomic E-state index is 5.88. The van der Waals surface area contributed by atoms with E-state index in [-0.39, 0.29) is 6.04 Å². The van der Waals surface area contributed by atoms with Gasteiger partial charge in [0.15, 0.2) is 0 Å². The smallest absolute Gasteiger partial charge is 0.120 e. The highest BCUT2D eigenvalue weighted by molar-refractivity contribution is 5.33. The van der Waals surface area contributed by atoms with E-state index in [0.29, 0.717) is 19.3 Å². The van der Waals surface area contributed by atoms with Crippen molar-refractivity contribution in [1.29, 1.82) is 0 Å². The molecule has 0 bridgehead atoms. The van der Waals surface area contributed by atoms with Crippen molar-refractivity contribution in [2.75, 3.05) is 6.61 Å². The molecule has 140 valence electrons. The van der Waals surface area contributed by atoms with Crippen LogP contribution in [0, 0.1) is 0 Å². The predicted molar refractivity (Wildman–Crippen MR) is 98.5 cm³/mol. The average Bonchev–Trinajstić information content (AvgIpc) is 3.44. The van der Waals surface area contributed by atoms with Gasteiger partial charge in [-0.15, -0.1) is 0 Å². The lowest BCUT2D eigenvalue weighted by Crippen LogP contribution is -2.27. The summed E-state index contributed by atoms with van der Waals surface area (Å²) in [7, 11) is 0. The van der Waals surface area contributed by atoms with Crippen LogP contribution in [0.3, 0.4) is 0 Å². The zero-order valence-corrected chi connectivity index (χ0v) is 15.4. The highest BCUT2D eigenvalue weighted by atomic mass is 16.5. The molecule has 5 heterocycles. The second-order valence-corrected chi connectivity index (χ2v) is 7.99. The molecule has 0 radical (unpaired) electrons. The highest BCUT2D eigenvalue weighted by Gasteiger charge is 2.33. The minimum Gasteiger partial charge on any atom is -0.373 e. The van der Waals surface area contributed by atoms with Crippen LogP contribution in [0.25, 0.3) is 0 Å². The molecule has 0 aromatic carbocycles. The van der Waals surface area contributed by atoms with Gasteiger partial charge in [-0.3, -0.25) is 9.36 Å². The van der Waals surface area contributed by atoms with Crippen LogP contribution in [0.1, 0.15) is 59.7 Å². The third kappa shape index (κ3) is 2.41. The first-order valence-electron chi connectivity index (χ1n) is 10.1. The summed E-state index contributed by atoms with van der Waals surface area (Å²) in [4.78, 5) is 4.32. The van der Waals surface area contributed by atoms with Crippen LogP contribution in [0.15, 0.2) is 24.8 Å². The zero-order valence-electron chi connectivity index (χ0n) is 15.4. The maximum absolute atomic E-state index is 5.88. The van der Waals surface area contributed by atoms with E-state index in [4.69, 9.17) is 9.84 Å². The van der Waals surface area contributed by atoms with Gasteiger partial charge in [0.25, 0.3) is 0 Å². The lowest BCUT2D eigenvalue weighted by molar-refractivity contribution is 0.0621. The molecule has 0 N–H and O–H groups in total. The fourth-order valence-corrected chi connectivity index (χ4v) is 5.06. The SMILES string of the molecule is c1cc2n(n1)C(c1nn(C3CCn4cncc4C3)c3c1CCCC3)COC2. The van der Waals surface area contributed by atoms with Gasteiger partial charge in [-0.05, 0) is 43.7 Å². The van der Waals surface area contributed by atoms with Gasteiger partial charge in [0.1, 0.15) is 6.04 Å². The van der Waals surface area contributed by atoms with Gasteiger partial charge in [-0.1, -0.05) is 0 Å². The summed E-state index contributed by atoms with van der Waals surface area (Å²) in [5, 5.41) is 9.80. The van der Waals surface area contributed by atoms with E-state index in [1.54, 1.807) is 0 Å². The molecular formula is C20H24N6O. The van der Waals surface area contributed by atoms with E-state index in [9.17, 15) is 0 Å². The first-order chi connectivity index (χ1) is 13.4. The zero-order chi connectivity index (χ0) is 17.8. The van der Waals surface area contributed by atoms with Crippen LogP contribution in [0.5, 0.6) is 0 Å². The van der Waals surface area contributed by atoms with Crippen molar-refractivity contribution in [3.63, 3.8) is 0 Å². The lowest BCUT2D eigenvalue weighted by atomic mass is 9.93. The number of hydrogen-bond acceptors (Lipinski definition) is 4. The molecule has 2 atom stereocenters. The van der Waals surface area contributed by atoms with E-state index in [0.717, 1.165) is 37.9 Å². The summed E-state index contributed by atoms with van der Waals surface area (Å²) in [6.45, 7) is 2.33. The Balaban J connectivity index is 1.43. The largest absolute Gasteiger partial charge is 0.373 e. The number of hydrogen-bond donors (Lipinski definition) is 0.